The number of nitrogens with one attached hydrogen (secondary N) is 1. The van der Waals surface area contributed by atoms with Crippen LogP contribution in [0, 0.1) is 5.41 Å². The normalized spacial score (nSPS) is 25.1. The molecular formula is C18H23N5O6S. The number of hydrogen-bond donors (Lipinski definition) is 4. The highest BCUT2D eigenvalue weighted by Crippen LogP contribution is 2.45. The van der Waals surface area contributed by atoms with Crippen molar-refractivity contribution in [3.63, 3.8) is 0 Å². The van der Waals surface area contributed by atoms with Gasteiger partial charge in [0.15, 0.2) is 0 Å². The molecule has 2 saturated heterocycles. The van der Waals surface area contributed by atoms with E-state index < -0.39 is 29.4 Å². The summed E-state index contributed by atoms with van der Waals surface area (Å²) >= 11 is 1.30. The molecule has 30 heavy (non-hydrogen) atoms. The van der Waals surface area contributed by atoms with E-state index in [1.807, 2.05) is 0 Å². The van der Waals surface area contributed by atoms with E-state index in [9.17, 15) is 24.3 Å². The first-order valence-corrected chi connectivity index (χ1v) is 10.1. The molecule has 162 valence electrons. The molecule has 2 heterocycles. The number of carbonyl (C=O) groups excluding carboxylic acids is 3. The molecule has 6 N–H and O–H groups in total. The number of rotatable bonds is 7. The number of fused-ring (bicyclic) bond motifs is 1. The number of nitrogens with two attached hydrogens (primary N) is 2. The second kappa shape index (κ2) is 8.50. The number of aliphatic carboxylic acids is 1. The van der Waals surface area contributed by atoms with Gasteiger partial charge in [-0.15, -0.1) is 11.8 Å². The van der Waals surface area contributed by atoms with Crippen molar-refractivity contribution in [2.45, 2.75) is 11.4 Å². The number of ether oxygens (including phenoxy) is 1. The highest BCUT2D eigenvalue weighted by Gasteiger charge is 2.59. The van der Waals surface area contributed by atoms with Gasteiger partial charge in [0.1, 0.15) is 16.8 Å². The minimum Gasteiger partial charge on any atom is -0.481 e. The lowest BCUT2D eigenvalue weighted by Crippen LogP contribution is -2.75. The van der Waals surface area contributed by atoms with Crippen LogP contribution in [0.15, 0.2) is 24.3 Å². The van der Waals surface area contributed by atoms with Crippen LogP contribution in [0.25, 0.3) is 0 Å². The lowest BCUT2D eigenvalue weighted by molar-refractivity contribution is -0.160. The van der Waals surface area contributed by atoms with Gasteiger partial charge in [0.05, 0.1) is 13.2 Å². The minimum atomic E-state index is -1.19. The zero-order valence-electron chi connectivity index (χ0n) is 16.2. The zero-order chi connectivity index (χ0) is 22.1. The monoisotopic (exact) mass is 437 g/mol. The molecule has 2 unspecified atom stereocenters. The van der Waals surface area contributed by atoms with Crippen LogP contribution in [-0.4, -0.2) is 77.8 Å². The number of hydrogen-bond acceptors (Lipinski definition) is 7. The van der Waals surface area contributed by atoms with Crippen LogP contribution in [0.3, 0.4) is 0 Å². The molecule has 2 fully saturated rings. The largest absolute Gasteiger partial charge is 0.481 e. The number of nitrogens with zero attached hydrogens (tertiary/aromatic N) is 2. The summed E-state index contributed by atoms with van der Waals surface area (Å²) in [5, 5.41) is 11.7. The zero-order valence-corrected chi connectivity index (χ0v) is 17.1. The first-order valence-electron chi connectivity index (χ1n) is 9.07. The summed E-state index contributed by atoms with van der Waals surface area (Å²) in [7, 11) is 1.42. The van der Waals surface area contributed by atoms with Gasteiger partial charge >= 0.3 is 12.0 Å². The number of carbonyl (C=O) groups is 4. The minimum absolute atomic E-state index is 0.00922. The second-order valence-electron chi connectivity index (χ2n) is 7.14. The Morgan fingerprint density at radius 3 is 2.57 bits per heavy atom. The summed E-state index contributed by atoms with van der Waals surface area (Å²) in [4.78, 5) is 51.1. The van der Waals surface area contributed by atoms with E-state index in [1.165, 1.54) is 28.7 Å². The predicted molar refractivity (Wildman–Crippen MR) is 110 cm³/mol. The van der Waals surface area contributed by atoms with Crippen LogP contribution in [0.4, 0.5) is 16.2 Å². The Balaban J connectivity index is 1.84. The summed E-state index contributed by atoms with van der Waals surface area (Å²) < 4.78 is 5.07. The molecule has 0 aromatic heterocycles. The molecule has 3 atom stereocenters. The van der Waals surface area contributed by atoms with Gasteiger partial charge in [-0.2, -0.15) is 0 Å². The molecule has 3 rings (SSSR count). The van der Waals surface area contributed by atoms with Gasteiger partial charge in [-0.25, -0.2) is 4.79 Å². The molecule has 0 saturated carbocycles. The van der Waals surface area contributed by atoms with Gasteiger partial charge in [-0.1, -0.05) is 0 Å². The molecule has 0 aliphatic carbocycles. The van der Waals surface area contributed by atoms with Crippen molar-refractivity contribution < 1.29 is 29.0 Å². The lowest BCUT2D eigenvalue weighted by atomic mass is 9.87. The average molecular weight is 437 g/mol. The van der Waals surface area contributed by atoms with E-state index >= 15 is 0 Å². The molecular weight excluding hydrogens is 414 g/mol. The highest BCUT2D eigenvalue weighted by atomic mass is 32.2. The van der Waals surface area contributed by atoms with Crippen molar-refractivity contribution in [1.29, 1.82) is 0 Å². The summed E-state index contributed by atoms with van der Waals surface area (Å²) in [6, 6.07) is 4.75. The first-order chi connectivity index (χ1) is 14.2. The van der Waals surface area contributed by atoms with Crippen LogP contribution in [0.5, 0.6) is 0 Å². The van der Waals surface area contributed by atoms with E-state index in [4.69, 9.17) is 16.2 Å². The van der Waals surface area contributed by atoms with Crippen LogP contribution in [0.2, 0.25) is 0 Å². The van der Waals surface area contributed by atoms with Crippen molar-refractivity contribution in [2.24, 2.45) is 16.9 Å². The number of anilines is 2. The quantitative estimate of drug-likeness (QED) is 0.413. The molecule has 1 aromatic rings. The van der Waals surface area contributed by atoms with Crippen molar-refractivity contribution in [3.8, 4) is 0 Å². The van der Waals surface area contributed by atoms with Crippen LogP contribution >= 0.6 is 11.8 Å². The fourth-order valence-corrected chi connectivity index (χ4v) is 5.24. The van der Waals surface area contributed by atoms with E-state index in [2.05, 4.69) is 5.32 Å². The fourth-order valence-electron chi connectivity index (χ4n) is 3.67. The standard InChI is InChI=1S/C18H23N5O6S/c1-29-8-18(16(26)27)7-22-14(25)13(15(22)30-9-18)23(12(24)6-19)11-4-2-10(3-5-11)21-17(20)28/h2-5,13,15H,6-9,19H2,1H3,(H,26,27)(H3,20,21,28)/t13?,15-,18?/m1/s1. The van der Waals surface area contributed by atoms with Gasteiger partial charge < -0.3 is 31.5 Å². The number of amides is 4. The predicted octanol–water partition coefficient (Wildman–Crippen LogP) is -0.530. The maximum absolute atomic E-state index is 12.9. The van der Waals surface area contributed by atoms with E-state index in [-0.39, 0.29) is 36.7 Å². The number of urea groups is 1. The smallest absolute Gasteiger partial charge is 0.316 e. The SMILES string of the molecule is COCC1(C(=O)O)CS[C@@H]2C(N(C(=O)CN)c3ccc(NC(N)=O)cc3)C(=O)N2C1. The van der Waals surface area contributed by atoms with Gasteiger partial charge in [0.2, 0.25) is 11.8 Å². The maximum atomic E-state index is 12.9. The molecule has 0 radical (unpaired) electrons. The third-order valence-electron chi connectivity index (χ3n) is 5.13. The first kappa shape index (κ1) is 21.9. The Labute approximate surface area is 176 Å². The van der Waals surface area contributed by atoms with E-state index in [1.54, 1.807) is 24.3 Å². The Kier molecular flexibility index (Phi) is 6.19. The third kappa shape index (κ3) is 3.80. The number of primary amides is 1. The Morgan fingerprint density at radius 2 is 2.03 bits per heavy atom. The summed E-state index contributed by atoms with van der Waals surface area (Å²) in [5.41, 5.74) is 10.3. The van der Waals surface area contributed by atoms with E-state index in [0.717, 1.165) is 0 Å². The Morgan fingerprint density at radius 1 is 1.37 bits per heavy atom. The molecule has 0 bridgehead atoms. The van der Waals surface area contributed by atoms with Crippen LogP contribution in [-0.2, 0) is 19.1 Å². The maximum Gasteiger partial charge on any atom is 0.316 e. The molecule has 0 spiro atoms. The number of thioether (sulfide) groups is 1. The number of carboxylic acid groups (broad SMARTS) is 1. The van der Waals surface area contributed by atoms with Gasteiger partial charge in [-0.3, -0.25) is 19.3 Å². The average Bonchev–Trinajstić information content (AvgIpc) is 2.71. The van der Waals surface area contributed by atoms with Gasteiger partial charge in [0, 0.05) is 30.8 Å². The van der Waals surface area contributed by atoms with Gasteiger partial charge in [-0.05, 0) is 24.3 Å². The topological polar surface area (TPSA) is 168 Å². The Hall–Kier alpha value is -2.83. The summed E-state index contributed by atoms with van der Waals surface area (Å²) in [6.07, 6.45) is 0. The van der Waals surface area contributed by atoms with E-state index in [0.29, 0.717) is 11.4 Å². The molecule has 1 aromatic carbocycles. The number of benzene rings is 1. The van der Waals surface area contributed by atoms with Gasteiger partial charge in [0.25, 0.3) is 0 Å². The fraction of sp³-hybridized carbons (Fsp3) is 0.444. The third-order valence-corrected chi connectivity index (χ3v) is 6.70. The summed E-state index contributed by atoms with van der Waals surface area (Å²) in [5.74, 6) is -1.59. The Bertz CT molecular complexity index is 865. The molecule has 2 aliphatic rings. The van der Waals surface area contributed by atoms with Crippen molar-refractivity contribution in [3.05, 3.63) is 24.3 Å². The molecule has 11 nitrogen and oxygen atoms in total. The van der Waals surface area contributed by atoms with Crippen molar-refractivity contribution >= 4 is 47.0 Å². The lowest BCUT2D eigenvalue weighted by Gasteiger charge is -2.56. The molecule has 2 aliphatic heterocycles. The van der Waals surface area contributed by atoms with Crippen molar-refractivity contribution in [1.82, 2.24) is 4.90 Å². The summed E-state index contributed by atoms with van der Waals surface area (Å²) in [6.45, 7) is -0.309. The van der Waals surface area contributed by atoms with Crippen LogP contribution < -0.4 is 21.7 Å². The molecule has 4 amide bonds. The second-order valence-corrected chi connectivity index (χ2v) is 8.24. The number of carboxylic acids is 1. The highest BCUT2D eigenvalue weighted by molar-refractivity contribution is 8.00. The molecule has 12 heteroatoms. The van der Waals surface area contributed by atoms with Crippen molar-refractivity contribution in [2.75, 3.05) is 42.8 Å². The number of β-lactam (4-membered cyclic amide) rings is 1. The van der Waals surface area contributed by atoms with Crippen LogP contribution in [0.1, 0.15) is 0 Å². The number of methoxy groups -OCH3 is 1.